The van der Waals surface area contributed by atoms with Crippen LogP contribution in [0.4, 0.5) is 10.1 Å². The molecule has 0 heterocycles. The third-order valence-corrected chi connectivity index (χ3v) is 3.51. The molecule has 1 aliphatic carbocycles. The summed E-state index contributed by atoms with van der Waals surface area (Å²) >= 11 is 5.83. The zero-order valence-electron chi connectivity index (χ0n) is 10.7. The van der Waals surface area contributed by atoms with Gasteiger partial charge in [0, 0.05) is 31.8 Å². The number of alkyl halides is 1. The molecule has 4 heteroatoms. The molecule has 0 amide bonds. The van der Waals surface area contributed by atoms with E-state index < -0.39 is 0 Å². The first kappa shape index (κ1) is 13.6. The third-order valence-electron chi connectivity index (χ3n) is 3.22. The molecule has 1 aromatic rings. The fourth-order valence-electron chi connectivity index (χ4n) is 1.89. The Morgan fingerprint density at radius 1 is 1.44 bits per heavy atom. The van der Waals surface area contributed by atoms with Gasteiger partial charge in [-0.15, -0.1) is 11.6 Å². The van der Waals surface area contributed by atoms with Gasteiger partial charge in [0.05, 0.1) is 6.61 Å². The second kappa shape index (κ2) is 6.39. The van der Waals surface area contributed by atoms with Crippen molar-refractivity contribution in [3.05, 3.63) is 29.6 Å². The van der Waals surface area contributed by atoms with Gasteiger partial charge in [-0.1, -0.05) is 0 Å². The number of hydrogen-bond donors (Lipinski definition) is 0. The van der Waals surface area contributed by atoms with E-state index in [-0.39, 0.29) is 5.82 Å². The summed E-state index contributed by atoms with van der Waals surface area (Å²) in [6.07, 6.45) is 2.62. The van der Waals surface area contributed by atoms with Crippen LogP contribution in [0.3, 0.4) is 0 Å². The summed E-state index contributed by atoms with van der Waals surface area (Å²) in [6, 6.07) is 4.73. The predicted molar refractivity (Wildman–Crippen MR) is 72.8 cm³/mol. The summed E-state index contributed by atoms with van der Waals surface area (Å²) in [6.45, 7) is 2.37. The van der Waals surface area contributed by atoms with E-state index >= 15 is 0 Å². The van der Waals surface area contributed by atoms with Gasteiger partial charge >= 0.3 is 0 Å². The zero-order valence-corrected chi connectivity index (χ0v) is 11.4. The van der Waals surface area contributed by atoms with Gasteiger partial charge in [0.25, 0.3) is 0 Å². The van der Waals surface area contributed by atoms with Crippen molar-refractivity contribution in [1.82, 2.24) is 0 Å². The maximum atomic E-state index is 13.1. The number of anilines is 1. The van der Waals surface area contributed by atoms with E-state index in [1.54, 1.807) is 6.07 Å². The quantitative estimate of drug-likeness (QED) is 0.556. The number of rotatable bonds is 7. The Morgan fingerprint density at radius 2 is 2.22 bits per heavy atom. The number of hydrogen-bond acceptors (Lipinski definition) is 2. The third kappa shape index (κ3) is 3.85. The molecule has 0 atom stereocenters. The van der Waals surface area contributed by atoms with E-state index in [2.05, 4.69) is 4.90 Å². The molecule has 1 saturated carbocycles. The molecule has 0 saturated heterocycles. The number of halogens is 2. The molecule has 2 nitrogen and oxygen atoms in total. The van der Waals surface area contributed by atoms with Crippen molar-refractivity contribution in [3.63, 3.8) is 0 Å². The Balaban J connectivity index is 1.84. The van der Waals surface area contributed by atoms with E-state index in [0.29, 0.717) is 12.5 Å². The van der Waals surface area contributed by atoms with Crippen LogP contribution >= 0.6 is 11.6 Å². The maximum absolute atomic E-state index is 13.1. The molecule has 2 rings (SSSR count). The van der Waals surface area contributed by atoms with Gasteiger partial charge in [0.2, 0.25) is 0 Å². The minimum absolute atomic E-state index is 0.243. The summed E-state index contributed by atoms with van der Waals surface area (Å²) < 4.78 is 18.7. The molecule has 0 aromatic heterocycles. The monoisotopic (exact) mass is 271 g/mol. The van der Waals surface area contributed by atoms with Crippen LogP contribution in [-0.4, -0.2) is 26.8 Å². The van der Waals surface area contributed by atoms with Gasteiger partial charge in [-0.2, -0.15) is 0 Å². The molecule has 1 fully saturated rings. The second-order valence-corrected chi connectivity index (χ2v) is 5.11. The minimum Gasteiger partial charge on any atom is -0.379 e. The minimum atomic E-state index is -0.243. The number of benzene rings is 1. The molecule has 100 valence electrons. The Bertz CT molecular complexity index is 395. The Kier molecular flexibility index (Phi) is 4.84. The summed E-state index contributed by atoms with van der Waals surface area (Å²) in [5.41, 5.74) is 1.79. The lowest BCUT2D eigenvalue weighted by molar-refractivity contribution is 0.131. The Labute approximate surface area is 113 Å². The van der Waals surface area contributed by atoms with Crippen molar-refractivity contribution < 1.29 is 9.13 Å². The highest BCUT2D eigenvalue weighted by Crippen LogP contribution is 2.28. The van der Waals surface area contributed by atoms with Crippen LogP contribution in [0, 0.1) is 11.7 Å². The molecule has 1 aliphatic rings. The molecular formula is C14H19ClFNO. The van der Waals surface area contributed by atoms with Crippen LogP contribution in [0.15, 0.2) is 18.2 Å². The average molecular weight is 272 g/mol. The predicted octanol–water partition coefficient (Wildman–Crippen LogP) is 3.43. The number of nitrogens with zero attached hydrogens (tertiary/aromatic N) is 1. The lowest BCUT2D eigenvalue weighted by atomic mass is 10.2. The average Bonchev–Trinajstić information content (AvgIpc) is 3.18. The number of likely N-dealkylation sites (N-methyl/N-ethyl adjacent to an activating group) is 1. The fraction of sp³-hybridized carbons (Fsp3) is 0.571. The van der Waals surface area contributed by atoms with Gasteiger partial charge in [-0.05, 0) is 42.5 Å². The molecule has 0 aliphatic heterocycles. The van der Waals surface area contributed by atoms with Crippen molar-refractivity contribution in [3.8, 4) is 0 Å². The van der Waals surface area contributed by atoms with E-state index in [0.717, 1.165) is 30.3 Å². The lowest BCUT2D eigenvalue weighted by Gasteiger charge is -2.22. The summed E-state index contributed by atoms with van der Waals surface area (Å²) in [4.78, 5) is 2.06. The van der Waals surface area contributed by atoms with Gasteiger partial charge in [-0.3, -0.25) is 0 Å². The highest BCUT2D eigenvalue weighted by molar-refractivity contribution is 6.17. The second-order valence-electron chi connectivity index (χ2n) is 4.85. The maximum Gasteiger partial charge on any atom is 0.123 e. The van der Waals surface area contributed by atoms with Crippen molar-refractivity contribution in [2.45, 2.75) is 18.7 Å². The largest absolute Gasteiger partial charge is 0.379 e. The lowest BCUT2D eigenvalue weighted by Crippen LogP contribution is -2.24. The van der Waals surface area contributed by atoms with Gasteiger partial charge in [-0.25, -0.2) is 4.39 Å². The molecule has 0 radical (unpaired) electrons. The molecular weight excluding hydrogens is 253 g/mol. The standard InChI is InChI=1S/C14H19ClFNO/c1-17(6-7-18-10-11-2-3-11)14-5-4-13(16)8-12(14)9-15/h4-5,8,11H,2-3,6-7,9-10H2,1H3. The summed E-state index contributed by atoms with van der Waals surface area (Å²) in [7, 11) is 1.98. The van der Waals surface area contributed by atoms with Crippen LogP contribution < -0.4 is 4.90 Å². The van der Waals surface area contributed by atoms with Crippen LogP contribution in [0.2, 0.25) is 0 Å². The van der Waals surface area contributed by atoms with Crippen LogP contribution in [0.1, 0.15) is 18.4 Å². The van der Waals surface area contributed by atoms with Crippen LogP contribution in [-0.2, 0) is 10.6 Å². The zero-order chi connectivity index (χ0) is 13.0. The van der Waals surface area contributed by atoms with Crippen molar-refractivity contribution in [2.24, 2.45) is 5.92 Å². The molecule has 0 spiro atoms. The fourth-order valence-corrected chi connectivity index (χ4v) is 2.10. The smallest absolute Gasteiger partial charge is 0.123 e. The highest BCUT2D eigenvalue weighted by atomic mass is 35.5. The Morgan fingerprint density at radius 3 is 2.89 bits per heavy atom. The summed E-state index contributed by atoms with van der Waals surface area (Å²) in [5.74, 6) is 0.868. The first-order valence-corrected chi connectivity index (χ1v) is 6.87. The van der Waals surface area contributed by atoms with Gasteiger partial charge < -0.3 is 9.64 Å². The molecule has 0 bridgehead atoms. The van der Waals surface area contributed by atoms with E-state index in [1.807, 2.05) is 7.05 Å². The van der Waals surface area contributed by atoms with Crippen molar-refractivity contribution in [1.29, 1.82) is 0 Å². The van der Waals surface area contributed by atoms with E-state index in [9.17, 15) is 4.39 Å². The normalized spacial score (nSPS) is 14.8. The topological polar surface area (TPSA) is 12.5 Å². The van der Waals surface area contributed by atoms with Crippen molar-refractivity contribution >= 4 is 17.3 Å². The molecule has 1 aromatic carbocycles. The van der Waals surface area contributed by atoms with E-state index in [4.69, 9.17) is 16.3 Å². The van der Waals surface area contributed by atoms with E-state index in [1.165, 1.54) is 25.0 Å². The molecule has 0 unspecified atom stereocenters. The van der Waals surface area contributed by atoms with Crippen LogP contribution in [0.25, 0.3) is 0 Å². The summed E-state index contributed by atoms with van der Waals surface area (Å²) in [5, 5.41) is 0. The first-order chi connectivity index (χ1) is 8.70. The van der Waals surface area contributed by atoms with Crippen LogP contribution in [0.5, 0.6) is 0 Å². The van der Waals surface area contributed by atoms with Gasteiger partial charge in [0.15, 0.2) is 0 Å². The first-order valence-electron chi connectivity index (χ1n) is 6.34. The number of ether oxygens (including phenoxy) is 1. The Hall–Kier alpha value is -0.800. The SMILES string of the molecule is CN(CCOCC1CC1)c1ccc(F)cc1CCl. The molecule has 18 heavy (non-hydrogen) atoms. The van der Waals surface area contributed by atoms with Crippen molar-refractivity contribution in [2.75, 3.05) is 31.7 Å². The highest BCUT2D eigenvalue weighted by Gasteiger charge is 2.21. The molecule has 0 N–H and O–H groups in total. The van der Waals surface area contributed by atoms with Gasteiger partial charge in [0.1, 0.15) is 5.82 Å².